The van der Waals surface area contributed by atoms with Crippen LogP contribution in [0.1, 0.15) is 29.2 Å². The van der Waals surface area contributed by atoms with E-state index in [9.17, 15) is 19.1 Å². The summed E-state index contributed by atoms with van der Waals surface area (Å²) in [5, 5.41) is 20.8. The second-order valence-corrected chi connectivity index (χ2v) is 7.48. The van der Waals surface area contributed by atoms with Crippen LogP contribution in [0, 0.1) is 5.41 Å². The summed E-state index contributed by atoms with van der Waals surface area (Å²) >= 11 is 5.95. The smallest absolute Gasteiger partial charge is 0.256 e. The van der Waals surface area contributed by atoms with E-state index < -0.39 is 24.9 Å². The van der Waals surface area contributed by atoms with Gasteiger partial charge in [0.25, 0.3) is 5.91 Å². The highest BCUT2D eigenvalue weighted by Crippen LogP contribution is 2.29. The van der Waals surface area contributed by atoms with Gasteiger partial charge in [-0.2, -0.15) is 0 Å². The van der Waals surface area contributed by atoms with Gasteiger partial charge in [-0.05, 0) is 35.7 Å². The van der Waals surface area contributed by atoms with Crippen molar-refractivity contribution in [3.8, 4) is 5.75 Å². The lowest BCUT2D eigenvalue weighted by molar-refractivity contribution is -0.154. The molecule has 1 fully saturated rings. The molecule has 1 saturated heterocycles. The molecule has 5 N–H and O–H groups in total. The van der Waals surface area contributed by atoms with Crippen LogP contribution < -0.4 is 15.8 Å². The zero-order valence-electron chi connectivity index (χ0n) is 16.5. The van der Waals surface area contributed by atoms with Gasteiger partial charge in [0.2, 0.25) is 12.8 Å². The molecule has 2 atom stereocenters. The minimum Gasteiger partial charge on any atom is -0.463 e. The Kier molecular flexibility index (Phi) is 7.09. The highest BCUT2D eigenvalue weighted by Gasteiger charge is 2.40. The Hall–Kier alpha value is -3.17. The molecule has 0 saturated carbocycles. The number of likely N-dealkylation sites (tertiary alicyclic amines) is 1. The molecular formula is C21H22ClFN4O4. The first-order valence-electron chi connectivity index (χ1n) is 9.49. The summed E-state index contributed by atoms with van der Waals surface area (Å²) in [4.78, 5) is 26.5. The number of nitrogens with two attached hydrogens (primary N) is 1. The number of carbonyl (C=O) groups is 2. The maximum Gasteiger partial charge on any atom is 0.256 e. The Morgan fingerprint density at radius 1 is 1.32 bits per heavy atom. The fourth-order valence-electron chi connectivity index (χ4n) is 3.22. The highest BCUT2D eigenvalue weighted by atomic mass is 35.5. The number of nitrogens with one attached hydrogen (secondary N) is 2. The predicted molar refractivity (Wildman–Crippen MR) is 112 cm³/mol. The summed E-state index contributed by atoms with van der Waals surface area (Å²) in [6.07, 6.45) is -1.09. The average Bonchev–Trinajstić information content (AvgIpc) is 2.71. The number of hydrogen-bond acceptors (Lipinski definition) is 5. The third kappa shape index (κ3) is 5.31. The van der Waals surface area contributed by atoms with Crippen molar-refractivity contribution in [2.45, 2.75) is 25.1 Å². The number of amidine groups is 1. The first-order valence-corrected chi connectivity index (χ1v) is 9.86. The molecule has 2 aromatic rings. The van der Waals surface area contributed by atoms with Crippen molar-refractivity contribution < 1.29 is 23.8 Å². The number of benzene rings is 2. The minimum atomic E-state index is -1.56. The Morgan fingerprint density at radius 3 is 2.61 bits per heavy atom. The molecule has 10 heteroatoms. The molecular weight excluding hydrogens is 427 g/mol. The van der Waals surface area contributed by atoms with Crippen molar-refractivity contribution in [3.63, 3.8) is 0 Å². The Labute approximate surface area is 183 Å². The maximum absolute atomic E-state index is 12.7. The van der Waals surface area contributed by atoms with E-state index >= 15 is 0 Å². The van der Waals surface area contributed by atoms with E-state index in [0.29, 0.717) is 18.5 Å². The van der Waals surface area contributed by atoms with Gasteiger partial charge in [-0.1, -0.05) is 35.9 Å². The summed E-state index contributed by atoms with van der Waals surface area (Å²) in [5.74, 6) is -0.938. The van der Waals surface area contributed by atoms with Gasteiger partial charge in [0.05, 0.1) is 0 Å². The lowest BCUT2D eigenvalue weighted by atomic mass is 9.98. The molecule has 31 heavy (non-hydrogen) atoms. The lowest BCUT2D eigenvalue weighted by Crippen LogP contribution is -2.59. The molecule has 1 heterocycles. The summed E-state index contributed by atoms with van der Waals surface area (Å²) in [7, 11) is 0. The molecule has 0 radical (unpaired) electrons. The van der Waals surface area contributed by atoms with E-state index in [4.69, 9.17) is 27.5 Å². The number of alkyl halides is 1. The Bertz CT molecular complexity index is 986. The zero-order valence-corrected chi connectivity index (χ0v) is 17.2. The van der Waals surface area contributed by atoms with Crippen molar-refractivity contribution in [2.24, 2.45) is 5.73 Å². The molecule has 2 amide bonds. The third-order valence-electron chi connectivity index (χ3n) is 5.00. The quantitative estimate of drug-likeness (QED) is 0.362. The van der Waals surface area contributed by atoms with E-state index in [1.807, 2.05) is 0 Å². The normalized spacial score (nSPS) is 16.2. The fraction of sp³-hybridized carbons (Fsp3) is 0.286. The van der Waals surface area contributed by atoms with Crippen LogP contribution in [0.15, 0.2) is 42.5 Å². The molecule has 0 bridgehead atoms. The molecule has 1 aliphatic rings. The molecule has 0 aromatic heterocycles. The van der Waals surface area contributed by atoms with Crippen molar-refractivity contribution in [1.82, 2.24) is 10.2 Å². The van der Waals surface area contributed by atoms with Gasteiger partial charge in [0.15, 0.2) is 6.10 Å². The topological polar surface area (TPSA) is 129 Å². The molecule has 0 aliphatic carbocycles. The van der Waals surface area contributed by atoms with Crippen LogP contribution in [0.25, 0.3) is 0 Å². The van der Waals surface area contributed by atoms with Crippen molar-refractivity contribution in [3.05, 3.63) is 64.2 Å². The van der Waals surface area contributed by atoms with Crippen molar-refractivity contribution in [2.75, 3.05) is 13.4 Å². The van der Waals surface area contributed by atoms with Crippen LogP contribution >= 0.6 is 11.6 Å². The van der Waals surface area contributed by atoms with Crippen LogP contribution in [-0.4, -0.2) is 47.1 Å². The largest absolute Gasteiger partial charge is 0.463 e. The first-order chi connectivity index (χ1) is 14.8. The number of rotatable bonds is 8. The maximum atomic E-state index is 12.7. The van der Waals surface area contributed by atoms with E-state index in [1.165, 1.54) is 23.1 Å². The van der Waals surface area contributed by atoms with Crippen molar-refractivity contribution in [1.29, 1.82) is 5.41 Å². The van der Waals surface area contributed by atoms with Crippen LogP contribution in [0.4, 0.5) is 4.39 Å². The summed E-state index contributed by atoms with van der Waals surface area (Å²) < 4.78 is 17.2. The second-order valence-electron chi connectivity index (χ2n) is 7.04. The number of nitrogens with zero attached hydrogens (tertiary/aromatic N) is 1. The fourth-order valence-corrected chi connectivity index (χ4v) is 3.45. The number of aliphatic hydroxyl groups excluding tert-OH is 1. The van der Waals surface area contributed by atoms with Gasteiger partial charge >= 0.3 is 0 Å². The van der Waals surface area contributed by atoms with E-state index in [-0.39, 0.29) is 34.6 Å². The Morgan fingerprint density at radius 2 is 2.03 bits per heavy atom. The number of halogens is 2. The third-order valence-corrected chi connectivity index (χ3v) is 5.22. The van der Waals surface area contributed by atoms with Gasteiger partial charge in [-0.3, -0.25) is 15.0 Å². The Balaban J connectivity index is 1.60. The van der Waals surface area contributed by atoms with Gasteiger partial charge in [0.1, 0.15) is 17.6 Å². The van der Waals surface area contributed by atoms with Gasteiger partial charge in [0, 0.05) is 23.7 Å². The SMILES string of the molecule is N=C(N)c1ccc(CNC(=O)C2CCN2C(=O)C(O)c2cc(Cl)cc(OCF)c2)cc1. The van der Waals surface area contributed by atoms with E-state index in [0.717, 1.165) is 5.56 Å². The molecule has 8 nitrogen and oxygen atoms in total. The first kappa shape index (κ1) is 22.5. The number of ether oxygens (including phenoxy) is 1. The minimum absolute atomic E-state index is 0.0409. The van der Waals surface area contributed by atoms with Crippen LogP contribution in [-0.2, 0) is 16.1 Å². The lowest BCUT2D eigenvalue weighted by Gasteiger charge is -2.40. The molecule has 2 aromatic carbocycles. The van der Waals surface area contributed by atoms with Gasteiger partial charge in [-0.25, -0.2) is 4.39 Å². The average molecular weight is 449 g/mol. The molecule has 2 unspecified atom stereocenters. The summed E-state index contributed by atoms with van der Waals surface area (Å²) in [6, 6.07) is 10.3. The summed E-state index contributed by atoms with van der Waals surface area (Å²) in [5.41, 5.74) is 6.97. The van der Waals surface area contributed by atoms with Gasteiger partial charge in [-0.15, -0.1) is 0 Å². The molecule has 3 rings (SSSR count). The molecule has 164 valence electrons. The molecule has 0 spiro atoms. The number of aliphatic hydroxyl groups is 1. The van der Waals surface area contributed by atoms with Crippen molar-refractivity contribution >= 4 is 29.3 Å². The number of nitrogen functional groups attached to an aromatic ring is 1. The monoisotopic (exact) mass is 448 g/mol. The number of amides is 2. The van der Waals surface area contributed by atoms with Gasteiger partial charge < -0.3 is 25.8 Å². The van der Waals surface area contributed by atoms with Crippen LogP contribution in [0.5, 0.6) is 5.75 Å². The predicted octanol–water partition coefficient (Wildman–Crippen LogP) is 1.88. The highest BCUT2D eigenvalue weighted by molar-refractivity contribution is 6.30. The summed E-state index contributed by atoms with van der Waals surface area (Å²) in [6.45, 7) is -0.498. The van der Waals surface area contributed by atoms with E-state index in [1.54, 1.807) is 24.3 Å². The van der Waals surface area contributed by atoms with Crippen LogP contribution in [0.2, 0.25) is 5.02 Å². The van der Waals surface area contributed by atoms with E-state index in [2.05, 4.69) is 5.32 Å². The molecule has 1 aliphatic heterocycles. The number of carbonyl (C=O) groups excluding carboxylic acids is 2. The van der Waals surface area contributed by atoms with Crippen LogP contribution in [0.3, 0.4) is 0 Å². The zero-order chi connectivity index (χ0) is 22.5. The number of hydrogen-bond donors (Lipinski definition) is 4. The second kappa shape index (κ2) is 9.76. The standard InChI is InChI=1S/C21H22ClFN4O4/c22-15-7-14(8-16(9-15)31-11-23)18(28)21(30)27-6-5-17(27)20(29)26-10-12-1-3-13(4-2-12)19(24)25/h1-4,7-9,17-18,28H,5-6,10-11H2,(H3,24,25)(H,26,29).